The summed E-state index contributed by atoms with van der Waals surface area (Å²) in [5, 5.41) is 7.10. The Balaban J connectivity index is 1.47. The van der Waals surface area contributed by atoms with E-state index in [1.54, 1.807) is 4.90 Å². The first kappa shape index (κ1) is 21.5. The summed E-state index contributed by atoms with van der Waals surface area (Å²) in [5.41, 5.74) is 4.77. The maximum Gasteiger partial charge on any atom is 0.278 e. The summed E-state index contributed by atoms with van der Waals surface area (Å²) in [7, 11) is 0. The summed E-state index contributed by atoms with van der Waals surface area (Å²) < 4.78 is 1.18. The first-order valence-corrected chi connectivity index (χ1v) is 10.7. The molecule has 7 heteroatoms. The van der Waals surface area contributed by atoms with E-state index >= 15 is 0 Å². The Morgan fingerprint density at radius 1 is 1.06 bits per heavy atom. The van der Waals surface area contributed by atoms with Crippen LogP contribution >= 0.6 is 0 Å². The molecule has 0 saturated heterocycles. The molecule has 2 amide bonds. The minimum absolute atomic E-state index is 0.00539. The lowest BCUT2D eigenvalue weighted by Gasteiger charge is -2.22. The Labute approximate surface area is 186 Å². The van der Waals surface area contributed by atoms with Crippen LogP contribution in [0.1, 0.15) is 40.5 Å². The monoisotopic (exact) mass is 430 g/mol. The van der Waals surface area contributed by atoms with Gasteiger partial charge >= 0.3 is 0 Å². The van der Waals surface area contributed by atoms with E-state index in [4.69, 9.17) is 0 Å². The van der Waals surface area contributed by atoms with E-state index in [0.29, 0.717) is 5.69 Å². The van der Waals surface area contributed by atoms with Crippen molar-refractivity contribution in [2.45, 2.75) is 46.2 Å². The molecule has 0 saturated carbocycles. The zero-order valence-corrected chi connectivity index (χ0v) is 18.5. The number of nitrogens with zero attached hydrogens (tertiary/aromatic N) is 3. The number of para-hydroxylation sites is 1. The predicted octanol–water partition coefficient (Wildman–Crippen LogP) is 3.48. The molecule has 2 heterocycles. The van der Waals surface area contributed by atoms with Crippen LogP contribution in [0, 0.1) is 13.8 Å². The van der Waals surface area contributed by atoms with Crippen molar-refractivity contribution in [3.05, 3.63) is 87.3 Å². The second-order valence-electron chi connectivity index (χ2n) is 8.23. The molecule has 4 rings (SSSR count). The quantitative estimate of drug-likeness (QED) is 0.672. The molecular formula is C25H26N4O3. The molecule has 32 heavy (non-hydrogen) atoms. The van der Waals surface area contributed by atoms with Crippen molar-refractivity contribution < 1.29 is 9.59 Å². The first-order chi connectivity index (χ1) is 15.3. The van der Waals surface area contributed by atoms with Crippen LogP contribution in [-0.2, 0) is 17.8 Å². The number of carbonyl (C=O) groups excluding carboxylic acids is 2. The highest BCUT2D eigenvalue weighted by Gasteiger charge is 2.32. The normalized spacial score (nSPS) is 14.8. The fourth-order valence-corrected chi connectivity index (χ4v) is 3.97. The average molecular weight is 431 g/mol. The van der Waals surface area contributed by atoms with Gasteiger partial charge in [0.25, 0.3) is 11.5 Å². The van der Waals surface area contributed by atoms with Gasteiger partial charge in [-0.3, -0.25) is 14.4 Å². The van der Waals surface area contributed by atoms with Gasteiger partial charge in [-0.25, -0.2) is 4.68 Å². The number of carbonyl (C=O) groups is 2. The van der Waals surface area contributed by atoms with Crippen molar-refractivity contribution in [2.24, 2.45) is 0 Å². The molecule has 0 spiro atoms. The SMILES string of the molecule is Cc1ccc(NC(=O)CCn2nc(C(=O)N3c4ccccc4C[C@@H]3C)ccc2=O)cc1C. The fraction of sp³-hybridized carbons (Fsp3) is 0.280. The summed E-state index contributed by atoms with van der Waals surface area (Å²) in [6.07, 6.45) is 0.848. The number of hydrogen-bond acceptors (Lipinski definition) is 4. The number of rotatable bonds is 5. The van der Waals surface area contributed by atoms with Gasteiger partial charge < -0.3 is 10.2 Å². The molecule has 2 aromatic carbocycles. The second-order valence-corrected chi connectivity index (χ2v) is 8.23. The highest BCUT2D eigenvalue weighted by molar-refractivity contribution is 6.06. The van der Waals surface area contributed by atoms with Crippen LogP contribution in [0.2, 0.25) is 0 Å². The van der Waals surface area contributed by atoms with Gasteiger partial charge in [0, 0.05) is 29.9 Å². The minimum atomic E-state index is -0.351. The van der Waals surface area contributed by atoms with E-state index in [1.165, 1.54) is 16.8 Å². The third-order valence-electron chi connectivity index (χ3n) is 5.85. The number of hydrogen-bond donors (Lipinski definition) is 1. The molecule has 0 fully saturated rings. The molecule has 1 aromatic heterocycles. The van der Waals surface area contributed by atoms with Gasteiger partial charge in [0.15, 0.2) is 0 Å². The molecule has 164 valence electrons. The summed E-state index contributed by atoms with van der Waals surface area (Å²) >= 11 is 0. The van der Waals surface area contributed by atoms with Gasteiger partial charge in [-0.1, -0.05) is 24.3 Å². The summed E-state index contributed by atoms with van der Waals surface area (Å²) in [5.74, 6) is -0.475. The van der Waals surface area contributed by atoms with E-state index in [9.17, 15) is 14.4 Å². The van der Waals surface area contributed by atoms with E-state index in [2.05, 4.69) is 10.4 Å². The summed E-state index contributed by atoms with van der Waals surface area (Å²) in [6, 6.07) is 16.3. The molecule has 1 aliphatic heterocycles. The highest BCUT2D eigenvalue weighted by atomic mass is 16.2. The Morgan fingerprint density at radius 2 is 1.84 bits per heavy atom. The lowest BCUT2D eigenvalue weighted by molar-refractivity contribution is -0.116. The predicted molar refractivity (Wildman–Crippen MR) is 124 cm³/mol. The lowest BCUT2D eigenvalue weighted by Crippen LogP contribution is -2.37. The number of nitrogens with one attached hydrogen (secondary N) is 1. The zero-order valence-electron chi connectivity index (χ0n) is 18.5. The zero-order chi connectivity index (χ0) is 22.8. The third kappa shape index (κ3) is 4.32. The van der Waals surface area contributed by atoms with Crippen LogP contribution in [0.5, 0.6) is 0 Å². The van der Waals surface area contributed by atoms with Gasteiger partial charge in [-0.2, -0.15) is 5.10 Å². The first-order valence-electron chi connectivity index (χ1n) is 10.7. The van der Waals surface area contributed by atoms with E-state index in [-0.39, 0.29) is 42.1 Å². The minimum Gasteiger partial charge on any atom is -0.326 e. The topological polar surface area (TPSA) is 84.3 Å². The Morgan fingerprint density at radius 3 is 2.62 bits per heavy atom. The summed E-state index contributed by atoms with van der Waals surface area (Å²) in [4.78, 5) is 39.6. The third-order valence-corrected chi connectivity index (χ3v) is 5.85. The molecule has 0 radical (unpaired) electrons. The van der Waals surface area contributed by atoms with E-state index < -0.39 is 0 Å². The van der Waals surface area contributed by atoms with Crippen LogP contribution < -0.4 is 15.8 Å². The fourth-order valence-electron chi connectivity index (χ4n) is 3.97. The van der Waals surface area contributed by atoms with Gasteiger partial charge in [0.2, 0.25) is 5.91 Å². The number of amides is 2. The standard InChI is InChI=1S/C25H26N4O3/c1-16-8-9-20(14-17(16)2)26-23(30)12-13-28-24(31)11-10-21(27-28)25(32)29-18(3)15-19-6-4-5-7-22(19)29/h4-11,14,18H,12-13,15H2,1-3H3,(H,26,30)/t18-/m0/s1. The average Bonchev–Trinajstić information content (AvgIpc) is 3.11. The maximum absolute atomic E-state index is 13.2. The molecule has 3 aromatic rings. The number of benzene rings is 2. The largest absolute Gasteiger partial charge is 0.326 e. The Kier molecular flexibility index (Phi) is 5.90. The number of fused-ring (bicyclic) bond motifs is 1. The second kappa shape index (κ2) is 8.78. The molecule has 1 N–H and O–H groups in total. The molecule has 0 unspecified atom stereocenters. The van der Waals surface area contributed by atoms with Crippen LogP contribution in [0.25, 0.3) is 0 Å². The maximum atomic E-state index is 13.2. The molecule has 1 atom stereocenters. The Bertz CT molecular complexity index is 1250. The van der Waals surface area contributed by atoms with Crippen molar-refractivity contribution in [1.82, 2.24) is 9.78 Å². The van der Waals surface area contributed by atoms with Gasteiger partial charge in [-0.05, 0) is 68.1 Å². The number of aryl methyl sites for hydroxylation is 3. The van der Waals surface area contributed by atoms with Crippen molar-refractivity contribution in [3.8, 4) is 0 Å². The smallest absolute Gasteiger partial charge is 0.278 e. The van der Waals surface area contributed by atoms with Crippen molar-refractivity contribution in [1.29, 1.82) is 0 Å². The highest BCUT2D eigenvalue weighted by Crippen LogP contribution is 2.32. The van der Waals surface area contributed by atoms with Crippen LogP contribution in [-0.4, -0.2) is 27.6 Å². The van der Waals surface area contributed by atoms with Gasteiger partial charge in [0.1, 0.15) is 5.69 Å². The van der Waals surface area contributed by atoms with Crippen molar-refractivity contribution in [3.63, 3.8) is 0 Å². The Hall–Kier alpha value is -3.74. The van der Waals surface area contributed by atoms with Crippen LogP contribution in [0.15, 0.2) is 59.4 Å². The number of aromatic nitrogens is 2. The molecule has 1 aliphatic rings. The van der Waals surface area contributed by atoms with Crippen LogP contribution in [0.3, 0.4) is 0 Å². The molecule has 0 aliphatic carbocycles. The van der Waals surface area contributed by atoms with Gasteiger partial charge in [-0.15, -0.1) is 0 Å². The van der Waals surface area contributed by atoms with Crippen molar-refractivity contribution in [2.75, 3.05) is 10.2 Å². The summed E-state index contributed by atoms with van der Waals surface area (Å²) in [6.45, 7) is 6.07. The van der Waals surface area contributed by atoms with Crippen molar-refractivity contribution >= 4 is 23.2 Å². The van der Waals surface area contributed by atoms with Crippen LogP contribution in [0.4, 0.5) is 11.4 Å². The molecule has 0 bridgehead atoms. The lowest BCUT2D eigenvalue weighted by atomic mass is 10.1. The van der Waals surface area contributed by atoms with E-state index in [0.717, 1.165) is 28.8 Å². The van der Waals surface area contributed by atoms with E-state index in [1.807, 2.05) is 63.2 Å². The number of anilines is 2. The van der Waals surface area contributed by atoms with Gasteiger partial charge in [0.05, 0.1) is 6.54 Å². The molecule has 7 nitrogen and oxygen atoms in total. The molecular weight excluding hydrogens is 404 g/mol.